The Balaban J connectivity index is 2.32. The van der Waals surface area contributed by atoms with Crippen LogP contribution in [0.2, 0.25) is 5.02 Å². The molecule has 1 saturated heterocycles. The molecule has 1 aromatic rings. The fourth-order valence-corrected chi connectivity index (χ4v) is 1.74. The van der Waals surface area contributed by atoms with Crippen molar-refractivity contribution in [3.8, 4) is 0 Å². The van der Waals surface area contributed by atoms with Crippen LogP contribution in [0, 0.1) is 5.82 Å². The molecule has 3 heteroatoms. The molecular weight excluding hydrogens is 201 g/mol. The van der Waals surface area contributed by atoms with Gasteiger partial charge in [0.05, 0.1) is 5.02 Å². The molecule has 1 aliphatic heterocycles. The molecule has 2 rings (SSSR count). The molecule has 0 aromatic heterocycles. The average molecular weight is 212 g/mol. The van der Waals surface area contributed by atoms with Gasteiger partial charge in [-0.05, 0) is 19.0 Å². The topological polar surface area (TPSA) is 12.0 Å². The van der Waals surface area contributed by atoms with Crippen LogP contribution in [0.15, 0.2) is 23.8 Å². The third-order valence-electron chi connectivity index (χ3n) is 2.32. The van der Waals surface area contributed by atoms with Crippen molar-refractivity contribution in [1.29, 1.82) is 0 Å². The second-order valence-electron chi connectivity index (χ2n) is 3.37. The van der Waals surface area contributed by atoms with Gasteiger partial charge in [0.1, 0.15) is 5.82 Å². The molecule has 0 saturated carbocycles. The van der Waals surface area contributed by atoms with Crippen LogP contribution in [-0.2, 0) is 0 Å². The molecule has 0 radical (unpaired) electrons. The number of halogens is 2. The lowest BCUT2D eigenvalue weighted by atomic mass is 10.1. The first kappa shape index (κ1) is 9.69. The van der Waals surface area contributed by atoms with Gasteiger partial charge in [-0.15, -0.1) is 0 Å². The van der Waals surface area contributed by atoms with Crippen molar-refractivity contribution in [2.75, 3.05) is 13.1 Å². The molecule has 0 unspecified atom stereocenters. The van der Waals surface area contributed by atoms with Gasteiger partial charge in [0.25, 0.3) is 0 Å². The predicted octanol–water partition coefficient (Wildman–Crippen LogP) is 2.86. The summed E-state index contributed by atoms with van der Waals surface area (Å²) in [4.78, 5) is 0. The molecule has 1 nitrogen and oxygen atoms in total. The van der Waals surface area contributed by atoms with E-state index < -0.39 is 0 Å². The molecule has 1 aromatic carbocycles. The zero-order valence-corrected chi connectivity index (χ0v) is 8.44. The molecule has 1 aliphatic rings. The number of nitrogens with one attached hydrogen (secondary N) is 1. The van der Waals surface area contributed by atoms with E-state index in [-0.39, 0.29) is 10.8 Å². The quantitative estimate of drug-likeness (QED) is 0.753. The van der Waals surface area contributed by atoms with Gasteiger partial charge in [0.15, 0.2) is 0 Å². The van der Waals surface area contributed by atoms with Crippen LogP contribution in [0.1, 0.15) is 12.0 Å². The van der Waals surface area contributed by atoms with E-state index >= 15 is 0 Å². The SMILES string of the molecule is Fc1c(Cl)cccc1/C=C1/CCNC1. The standard InChI is InChI=1S/C11H11ClFN/c12-10-3-1-2-9(11(10)13)6-8-4-5-14-7-8/h1-3,6,14H,4-5,7H2/b8-6-. The van der Waals surface area contributed by atoms with Crippen LogP contribution in [0.25, 0.3) is 6.08 Å². The highest BCUT2D eigenvalue weighted by Gasteiger charge is 2.08. The average Bonchev–Trinajstić information content (AvgIpc) is 2.66. The minimum Gasteiger partial charge on any atom is -0.313 e. The molecule has 1 fully saturated rings. The molecule has 1 N–H and O–H groups in total. The lowest BCUT2D eigenvalue weighted by Crippen LogP contribution is -2.04. The van der Waals surface area contributed by atoms with Gasteiger partial charge in [-0.2, -0.15) is 0 Å². The highest BCUT2D eigenvalue weighted by Crippen LogP contribution is 2.21. The molecular formula is C11H11ClFN. The van der Waals surface area contributed by atoms with E-state index in [1.165, 1.54) is 5.57 Å². The fraction of sp³-hybridized carbons (Fsp3) is 0.273. The first-order chi connectivity index (χ1) is 6.77. The summed E-state index contributed by atoms with van der Waals surface area (Å²) in [6.45, 7) is 1.83. The number of hydrogen-bond donors (Lipinski definition) is 1. The van der Waals surface area contributed by atoms with Gasteiger partial charge < -0.3 is 5.32 Å². The van der Waals surface area contributed by atoms with Crippen molar-refractivity contribution < 1.29 is 4.39 Å². The number of benzene rings is 1. The van der Waals surface area contributed by atoms with Crippen molar-refractivity contribution in [1.82, 2.24) is 5.32 Å². The Morgan fingerprint density at radius 2 is 2.29 bits per heavy atom. The third kappa shape index (κ3) is 1.97. The van der Waals surface area contributed by atoms with Gasteiger partial charge in [0, 0.05) is 12.1 Å². The molecule has 0 spiro atoms. The molecule has 74 valence electrons. The number of hydrogen-bond acceptors (Lipinski definition) is 1. The Kier molecular flexibility index (Phi) is 2.85. The van der Waals surface area contributed by atoms with Gasteiger partial charge in [-0.3, -0.25) is 0 Å². The van der Waals surface area contributed by atoms with Crippen LogP contribution in [0.4, 0.5) is 4.39 Å². The van der Waals surface area contributed by atoms with Gasteiger partial charge in [-0.1, -0.05) is 35.4 Å². The van der Waals surface area contributed by atoms with Crippen molar-refractivity contribution in [3.05, 3.63) is 40.2 Å². The summed E-state index contributed by atoms with van der Waals surface area (Å²) in [6.07, 6.45) is 2.87. The normalized spacial score (nSPS) is 19.1. The molecule has 0 amide bonds. The third-order valence-corrected chi connectivity index (χ3v) is 2.61. The molecule has 1 heterocycles. The summed E-state index contributed by atoms with van der Waals surface area (Å²) in [5, 5.41) is 3.39. The zero-order chi connectivity index (χ0) is 9.97. The van der Waals surface area contributed by atoms with E-state index in [9.17, 15) is 4.39 Å². The summed E-state index contributed by atoms with van der Waals surface area (Å²) >= 11 is 5.68. The van der Waals surface area contributed by atoms with Crippen molar-refractivity contribution in [3.63, 3.8) is 0 Å². The number of rotatable bonds is 1. The van der Waals surface area contributed by atoms with Crippen LogP contribution in [0.3, 0.4) is 0 Å². The molecule has 14 heavy (non-hydrogen) atoms. The van der Waals surface area contributed by atoms with Crippen LogP contribution in [0.5, 0.6) is 0 Å². The van der Waals surface area contributed by atoms with Crippen LogP contribution in [-0.4, -0.2) is 13.1 Å². The summed E-state index contributed by atoms with van der Waals surface area (Å²) in [7, 11) is 0. The maximum atomic E-state index is 13.5. The van der Waals surface area contributed by atoms with E-state index in [1.54, 1.807) is 18.2 Å². The van der Waals surface area contributed by atoms with E-state index in [0.29, 0.717) is 5.56 Å². The highest BCUT2D eigenvalue weighted by atomic mass is 35.5. The fourth-order valence-electron chi connectivity index (χ4n) is 1.56. The molecule has 0 bridgehead atoms. The van der Waals surface area contributed by atoms with Crippen molar-refractivity contribution in [2.24, 2.45) is 0 Å². The largest absolute Gasteiger partial charge is 0.313 e. The Labute approximate surface area is 87.6 Å². The van der Waals surface area contributed by atoms with Gasteiger partial charge in [0.2, 0.25) is 0 Å². The Bertz CT molecular complexity index is 366. The summed E-state index contributed by atoms with van der Waals surface area (Å²) in [5.74, 6) is -0.325. The summed E-state index contributed by atoms with van der Waals surface area (Å²) in [5.41, 5.74) is 1.81. The molecule has 0 aliphatic carbocycles. The van der Waals surface area contributed by atoms with Crippen molar-refractivity contribution >= 4 is 17.7 Å². The first-order valence-corrected chi connectivity index (χ1v) is 4.99. The zero-order valence-electron chi connectivity index (χ0n) is 7.69. The molecule has 0 atom stereocenters. The Hall–Kier alpha value is -0.860. The second-order valence-corrected chi connectivity index (χ2v) is 3.78. The van der Waals surface area contributed by atoms with Gasteiger partial charge >= 0.3 is 0 Å². The lowest BCUT2D eigenvalue weighted by Gasteiger charge is -2.00. The highest BCUT2D eigenvalue weighted by molar-refractivity contribution is 6.30. The predicted molar refractivity (Wildman–Crippen MR) is 56.9 cm³/mol. The lowest BCUT2D eigenvalue weighted by molar-refractivity contribution is 0.625. The first-order valence-electron chi connectivity index (χ1n) is 4.61. The Morgan fingerprint density at radius 3 is 3.00 bits per heavy atom. The maximum absolute atomic E-state index is 13.5. The van der Waals surface area contributed by atoms with E-state index in [0.717, 1.165) is 19.5 Å². The summed E-state index contributed by atoms with van der Waals surface area (Å²) in [6, 6.07) is 5.07. The smallest absolute Gasteiger partial charge is 0.148 e. The monoisotopic (exact) mass is 211 g/mol. The van der Waals surface area contributed by atoms with E-state index in [1.807, 2.05) is 6.08 Å². The van der Waals surface area contributed by atoms with Crippen molar-refractivity contribution in [2.45, 2.75) is 6.42 Å². The van der Waals surface area contributed by atoms with Crippen LogP contribution >= 0.6 is 11.6 Å². The minimum atomic E-state index is -0.325. The maximum Gasteiger partial charge on any atom is 0.148 e. The van der Waals surface area contributed by atoms with E-state index in [4.69, 9.17) is 11.6 Å². The Morgan fingerprint density at radius 1 is 1.43 bits per heavy atom. The second kappa shape index (κ2) is 4.11. The summed E-state index contributed by atoms with van der Waals surface area (Å²) < 4.78 is 13.5. The van der Waals surface area contributed by atoms with E-state index in [2.05, 4.69) is 5.32 Å². The van der Waals surface area contributed by atoms with Gasteiger partial charge in [-0.25, -0.2) is 4.39 Å². The van der Waals surface area contributed by atoms with Crippen LogP contribution < -0.4 is 5.32 Å². The minimum absolute atomic E-state index is 0.185.